The lowest BCUT2D eigenvalue weighted by molar-refractivity contribution is -0.125. The molecule has 0 atom stereocenters. The van der Waals surface area contributed by atoms with Gasteiger partial charge in [-0.3, -0.25) is 9.59 Å². The lowest BCUT2D eigenvalue weighted by Crippen LogP contribution is -2.39. The smallest absolute Gasteiger partial charge is 0.239 e. The van der Waals surface area contributed by atoms with Crippen LogP contribution in [-0.4, -0.2) is 31.4 Å². The van der Waals surface area contributed by atoms with Crippen LogP contribution in [0.1, 0.15) is 16.7 Å². The van der Waals surface area contributed by atoms with Gasteiger partial charge >= 0.3 is 0 Å². The molecule has 1 heterocycles. The number of nitrogens with one attached hydrogen (secondary N) is 2. The Morgan fingerprint density at radius 1 is 0.962 bits per heavy atom. The molecule has 2 aromatic rings. The molecule has 0 spiro atoms. The molecule has 0 fully saturated rings. The zero-order valence-electron chi connectivity index (χ0n) is 14.7. The van der Waals surface area contributed by atoms with Gasteiger partial charge in [0.1, 0.15) is 0 Å². The minimum absolute atomic E-state index is 0.0531. The Hall–Kier alpha value is -2.86. The predicted molar refractivity (Wildman–Crippen MR) is 102 cm³/mol. The van der Waals surface area contributed by atoms with Crippen molar-refractivity contribution in [2.45, 2.75) is 19.5 Å². The molecule has 0 saturated carbocycles. The molecule has 0 aromatic heterocycles. The number of carbonyl (C=O) groups is 2. The number of hydrogen-bond donors (Lipinski definition) is 3. The molecule has 0 unspecified atom stereocenters. The molecule has 136 valence electrons. The van der Waals surface area contributed by atoms with Gasteiger partial charge in [0, 0.05) is 25.3 Å². The van der Waals surface area contributed by atoms with Crippen LogP contribution >= 0.6 is 0 Å². The molecular formula is C20H24N4O2. The molecule has 1 aliphatic heterocycles. The van der Waals surface area contributed by atoms with Crippen LogP contribution in [-0.2, 0) is 29.1 Å². The molecule has 26 heavy (non-hydrogen) atoms. The molecule has 6 nitrogen and oxygen atoms in total. The number of fused-ring (bicyclic) bond motifs is 1. The van der Waals surface area contributed by atoms with Crippen molar-refractivity contribution in [2.75, 3.05) is 24.5 Å². The summed E-state index contributed by atoms with van der Waals surface area (Å²) in [7, 11) is 0. The average Bonchev–Trinajstić information content (AvgIpc) is 3.08. The van der Waals surface area contributed by atoms with Crippen LogP contribution in [0.25, 0.3) is 0 Å². The summed E-state index contributed by atoms with van der Waals surface area (Å²) in [5.74, 6) is -0.572. The molecule has 6 heteroatoms. The standard InChI is InChI=1S/C20H24N4O2/c21-11-19(25)23-13-20(26)22-12-15-5-7-16(8-6-15)14-24-10-9-17-3-1-2-4-18(17)24/h1-8H,9-14,21H2,(H,22,26)(H,23,25). The van der Waals surface area contributed by atoms with Crippen LogP contribution < -0.4 is 21.3 Å². The Bertz CT molecular complexity index is 774. The van der Waals surface area contributed by atoms with Crippen LogP contribution in [0.2, 0.25) is 0 Å². The van der Waals surface area contributed by atoms with E-state index in [1.54, 1.807) is 0 Å². The molecule has 4 N–H and O–H groups in total. The second-order valence-electron chi connectivity index (χ2n) is 6.37. The quantitative estimate of drug-likeness (QED) is 0.692. The van der Waals surface area contributed by atoms with Crippen LogP contribution in [0.4, 0.5) is 5.69 Å². The number of hydrogen-bond acceptors (Lipinski definition) is 4. The van der Waals surface area contributed by atoms with E-state index < -0.39 is 0 Å². The van der Waals surface area contributed by atoms with Crippen LogP contribution in [0.3, 0.4) is 0 Å². The molecule has 2 amide bonds. The highest BCUT2D eigenvalue weighted by Crippen LogP contribution is 2.28. The Morgan fingerprint density at radius 2 is 1.69 bits per heavy atom. The molecule has 1 aliphatic rings. The first-order chi connectivity index (χ1) is 12.7. The SMILES string of the molecule is NCC(=O)NCC(=O)NCc1ccc(CN2CCc3ccccc32)cc1. The number of para-hydroxylation sites is 1. The largest absolute Gasteiger partial charge is 0.367 e. The Labute approximate surface area is 153 Å². The third-order valence-electron chi connectivity index (χ3n) is 4.50. The fourth-order valence-electron chi connectivity index (χ4n) is 3.07. The van der Waals surface area contributed by atoms with Crippen molar-refractivity contribution in [1.82, 2.24) is 10.6 Å². The van der Waals surface area contributed by atoms with Gasteiger partial charge in [-0.2, -0.15) is 0 Å². The second kappa shape index (κ2) is 8.49. The van der Waals surface area contributed by atoms with E-state index in [1.165, 1.54) is 16.8 Å². The number of nitrogens with zero attached hydrogens (tertiary/aromatic N) is 1. The molecule has 0 aliphatic carbocycles. The number of rotatable bonds is 7. The van der Waals surface area contributed by atoms with Crippen LogP contribution in [0.15, 0.2) is 48.5 Å². The summed E-state index contributed by atoms with van der Waals surface area (Å²) in [6.45, 7) is 2.20. The second-order valence-corrected chi connectivity index (χ2v) is 6.37. The monoisotopic (exact) mass is 352 g/mol. The van der Waals surface area contributed by atoms with Crippen LogP contribution in [0, 0.1) is 0 Å². The van der Waals surface area contributed by atoms with E-state index >= 15 is 0 Å². The summed E-state index contributed by atoms with van der Waals surface area (Å²) < 4.78 is 0. The zero-order chi connectivity index (χ0) is 18.4. The number of benzene rings is 2. The third kappa shape index (κ3) is 4.61. The summed E-state index contributed by atoms with van der Waals surface area (Å²) >= 11 is 0. The van der Waals surface area contributed by atoms with Crippen molar-refractivity contribution in [3.8, 4) is 0 Å². The van der Waals surface area contributed by atoms with E-state index in [0.29, 0.717) is 6.54 Å². The number of anilines is 1. The lowest BCUT2D eigenvalue weighted by Gasteiger charge is -2.19. The van der Waals surface area contributed by atoms with E-state index in [9.17, 15) is 9.59 Å². The van der Waals surface area contributed by atoms with Crippen molar-refractivity contribution in [3.05, 3.63) is 65.2 Å². The fraction of sp³-hybridized carbons (Fsp3) is 0.300. The molecule has 3 rings (SSSR count). The molecule has 2 aromatic carbocycles. The van der Waals surface area contributed by atoms with E-state index in [0.717, 1.165) is 25.1 Å². The summed E-state index contributed by atoms with van der Waals surface area (Å²) in [6.07, 6.45) is 1.10. The lowest BCUT2D eigenvalue weighted by atomic mass is 10.1. The van der Waals surface area contributed by atoms with Crippen molar-refractivity contribution in [2.24, 2.45) is 5.73 Å². The van der Waals surface area contributed by atoms with E-state index in [1.807, 2.05) is 12.1 Å². The van der Waals surface area contributed by atoms with Gasteiger partial charge in [-0.05, 0) is 29.2 Å². The fourth-order valence-corrected chi connectivity index (χ4v) is 3.07. The third-order valence-corrected chi connectivity index (χ3v) is 4.50. The zero-order valence-corrected chi connectivity index (χ0v) is 14.7. The maximum absolute atomic E-state index is 11.7. The van der Waals surface area contributed by atoms with Crippen molar-refractivity contribution in [1.29, 1.82) is 0 Å². The first-order valence-corrected chi connectivity index (χ1v) is 8.80. The minimum Gasteiger partial charge on any atom is -0.367 e. The van der Waals surface area contributed by atoms with E-state index in [-0.39, 0.29) is 24.9 Å². The highest BCUT2D eigenvalue weighted by molar-refractivity contribution is 5.85. The topological polar surface area (TPSA) is 87.5 Å². The Kier molecular flexibility index (Phi) is 5.86. The summed E-state index contributed by atoms with van der Waals surface area (Å²) in [5, 5.41) is 5.22. The maximum Gasteiger partial charge on any atom is 0.239 e. The molecule has 0 bridgehead atoms. The molecule has 0 saturated heterocycles. The predicted octanol–water partition coefficient (Wildman–Crippen LogP) is 0.940. The van der Waals surface area contributed by atoms with E-state index in [4.69, 9.17) is 5.73 Å². The maximum atomic E-state index is 11.7. The Morgan fingerprint density at radius 3 is 2.46 bits per heavy atom. The van der Waals surface area contributed by atoms with Gasteiger partial charge < -0.3 is 21.3 Å². The van der Waals surface area contributed by atoms with Gasteiger partial charge in [0.15, 0.2) is 0 Å². The highest BCUT2D eigenvalue weighted by Gasteiger charge is 2.18. The molecule has 0 radical (unpaired) electrons. The first kappa shape index (κ1) is 17.9. The van der Waals surface area contributed by atoms with Gasteiger partial charge in [0.25, 0.3) is 0 Å². The molecular weight excluding hydrogens is 328 g/mol. The summed E-state index contributed by atoms with van der Waals surface area (Å²) in [4.78, 5) is 25.1. The van der Waals surface area contributed by atoms with Gasteiger partial charge in [-0.25, -0.2) is 0 Å². The average molecular weight is 352 g/mol. The van der Waals surface area contributed by atoms with Crippen LogP contribution in [0.5, 0.6) is 0 Å². The Balaban J connectivity index is 1.48. The van der Waals surface area contributed by atoms with Crippen molar-refractivity contribution < 1.29 is 9.59 Å². The van der Waals surface area contributed by atoms with Gasteiger partial charge in [-0.15, -0.1) is 0 Å². The summed E-state index contributed by atoms with van der Waals surface area (Å²) in [6, 6.07) is 16.8. The number of carbonyl (C=O) groups excluding carboxylic acids is 2. The highest BCUT2D eigenvalue weighted by atomic mass is 16.2. The normalized spacial score (nSPS) is 12.6. The van der Waals surface area contributed by atoms with Gasteiger partial charge in [0.05, 0.1) is 13.1 Å². The first-order valence-electron chi connectivity index (χ1n) is 8.80. The van der Waals surface area contributed by atoms with Crippen molar-refractivity contribution >= 4 is 17.5 Å². The minimum atomic E-state index is -0.340. The number of amides is 2. The number of nitrogens with two attached hydrogens (primary N) is 1. The van der Waals surface area contributed by atoms with Gasteiger partial charge in [0.2, 0.25) is 11.8 Å². The van der Waals surface area contributed by atoms with Gasteiger partial charge in [-0.1, -0.05) is 42.5 Å². The van der Waals surface area contributed by atoms with Crippen molar-refractivity contribution in [3.63, 3.8) is 0 Å². The summed E-state index contributed by atoms with van der Waals surface area (Å²) in [5.41, 5.74) is 10.2. The van der Waals surface area contributed by atoms with E-state index in [2.05, 4.69) is 51.9 Å².